The number of aliphatic hydroxyl groups excluding tert-OH is 1. The van der Waals surface area contributed by atoms with Crippen molar-refractivity contribution in [1.29, 1.82) is 0 Å². The van der Waals surface area contributed by atoms with E-state index in [-0.39, 0.29) is 6.42 Å². The molecule has 0 aliphatic heterocycles. The molecule has 0 saturated heterocycles. The standard InChI is InChI=1S/C18H32NO5P/c1-2-3-4-5-6-7-8-16-9-11-17(12-10-16)13-18(19,14-20)15-24-25(21,22)23/h9-12,20H,2-8,13-15,19H2,1H3,(H2,21,22,23)/t18-/m1/s1. The Morgan fingerprint density at radius 2 is 1.60 bits per heavy atom. The van der Waals surface area contributed by atoms with E-state index >= 15 is 0 Å². The van der Waals surface area contributed by atoms with Crippen molar-refractivity contribution in [2.24, 2.45) is 5.73 Å². The summed E-state index contributed by atoms with van der Waals surface area (Å²) in [6, 6.07) is 7.98. The Labute approximate surface area is 150 Å². The molecule has 0 unspecified atom stereocenters. The van der Waals surface area contributed by atoms with Crippen molar-refractivity contribution in [1.82, 2.24) is 0 Å². The van der Waals surface area contributed by atoms with Crippen LogP contribution in [-0.4, -0.2) is 33.6 Å². The van der Waals surface area contributed by atoms with Gasteiger partial charge in [0.25, 0.3) is 0 Å². The lowest BCUT2D eigenvalue weighted by Crippen LogP contribution is -2.49. The minimum absolute atomic E-state index is 0.279. The molecule has 0 aliphatic carbocycles. The van der Waals surface area contributed by atoms with Crippen molar-refractivity contribution < 1.29 is 24.0 Å². The number of aryl methyl sites for hydroxylation is 1. The molecule has 0 saturated carbocycles. The van der Waals surface area contributed by atoms with Crippen LogP contribution in [-0.2, 0) is 21.9 Å². The van der Waals surface area contributed by atoms with Gasteiger partial charge in [0.15, 0.2) is 0 Å². The van der Waals surface area contributed by atoms with Gasteiger partial charge in [-0.3, -0.25) is 4.52 Å². The smallest absolute Gasteiger partial charge is 0.394 e. The first kappa shape index (κ1) is 22.3. The van der Waals surface area contributed by atoms with E-state index in [0.29, 0.717) is 0 Å². The highest BCUT2D eigenvalue weighted by molar-refractivity contribution is 7.46. The highest BCUT2D eigenvalue weighted by atomic mass is 31.2. The Morgan fingerprint density at radius 1 is 1.04 bits per heavy atom. The van der Waals surface area contributed by atoms with E-state index in [1.165, 1.54) is 44.1 Å². The zero-order valence-corrected chi connectivity index (χ0v) is 16.0. The summed E-state index contributed by atoms with van der Waals surface area (Å²) in [5, 5.41) is 9.44. The first-order chi connectivity index (χ1) is 11.8. The van der Waals surface area contributed by atoms with Crippen LogP contribution < -0.4 is 5.73 Å². The minimum atomic E-state index is -4.60. The van der Waals surface area contributed by atoms with Crippen molar-refractivity contribution >= 4 is 7.82 Å². The van der Waals surface area contributed by atoms with E-state index in [9.17, 15) is 9.67 Å². The number of hydrogen-bond acceptors (Lipinski definition) is 4. The molecular formula is C18H32NO5P. The summed E-state index contributed by atoms with van der Waals surface area (Å²) < 4.78 is 15.3. The molecule has 0 fully saturated rings. The molecule has 1 rings (SSSR count). The second-order valence-electron chi connectivity index (χ2n) is 6.80. The molecular weight excluding hydrogens is 341 g/mol. The van der Waals surface area contributed by atoms with Crippen LogP contribution in [0.2, 0.25) is 0 Å². The summed E-state index contributed by atoms with van der Waals surface area (Å²) in [4.78, 5) is 17.6. The molecule has 0 radical (unpaired) electrons. The third-order valence-corrected chi connectivity index (χ3v) is 4.70. The molecule has 0 heterocycles. The van der Waals surface area contributed by atoms with Crippen LogP contribution in [0.3, 0.4) is 0 Å². The lowest BCUT2D eigenvalue weighted by molar-refractivity contribution is 0.107. The maximum Gasteiger partial charge on any atom is 0.469 e. The van der Waals surface area contributed by atoms with Crippen molar-refractivity contribution in [3.05, 3.63) is 35.4 Å². The van der Waals surface area contributed by atoms with Crippen LogP contribution in [0, 0.1) is 0 Å². The summed E-state index contributed by atoms with van der Waals surface area (Å²) >= 11 is 0. The molecule has 1 atom stereocenters. The van der Waals surface area contributed by atoms with Gasteiger partial charge in [0.2, 0.25) is 0 Å². The van der Waals surface area contributed by atoms with Gasteiger partial charge in [0, 0.05) is 0 Å². The summed E-state index contributed by atoms with van der Waals surface area (Å²) in [6.45, 7) is 1.38. The first-order valence-electron chi connectivity index (χ1n) is 8.95. The first-order valence-corrected chi connectivity index (χ1v) is 10.5. The van der Waals surface area contributed by atoms with Gasteiger partial charge in [-0.25, -0.2) is 4.57 Å². The highest BCUT2D eigenvalue weighted by Gasteiger charge is 2.29. The number of phosphoric acid groups is 1. The van der Waals surface area contributed by atoms with Crippen LogP contribution in [0.4, 0.5) is 0 Å². The van der Waals surface area contributed by atoms with Crippen molar-refractivity contribution in [3.8, 4) is 0 Å². The summed E-state index contributed by atoms with van der Waals surface area (Å²) in [7, 11) is -4.60. The Bertz CT molecular complexity index is 531. The molecule has 25 heavy (non-hydrogen) atoms. The zero-order valence-electron chi connectivity index (χ0n) is 15.1. The summed E-state index contributed by atoms with van der Waals surface area (Å²) in [6.07, 6.45) is 8.92. The topological polar surface area (TPSA) is 113 Å². The Morgan fingerprint density at radius 3 is 2.16 bits per heavy atom. The van der Waals surface area contributed by atoms with Gasteiger partial charge in [-0.15, -0.1) is 0 Å². The van der Waals surface area contributed by atoms with Gasteiger partial charge in [-0.2, -0.15) is 0 Å². The van der Waals surface area contributed by atoms with E-state index in [0.717, 1.165) is 12.0 Å². The number of nitrogens with two attached hydrogens (primary N) is 1. The molecule has 0 aromatic heterocycles. The molecule has 5 N–H and O–H groups in total. The third-order valence-electron chi connectivity index (χ3n) is 4.23. The van der Waals surface area contributed by atoms with E-state index in [1.807, 2.05) is 24.3 Å². The lowest BCUT2D eigenvalue weighted by atomic mass is 9.92. The normalized spacial score (nSPS) is 14.4. The number of phosphoric ester groups is 1. The Balaban J connectivity index is 2.45. The van der Waals surface area contributed by atoms with Crippen molar-refractivity contribution in [2.75, 3.05) is 13.2 Å². The average molecular weight is 373 g/mol. The van der Waals surface area contributed by atoms with Crippen LogP contribution in [0.15, 0.2) is 24.3 Å². The second kappa shape index (κ2) is 11.1. The van der Waals surface area contributed by atoms with Crippen molar-refractivity contribution in [3.63, 3.8) is 0 Å². The molecule has 144 valence electrons. The highest BCUT2D eigenvalue weighted by Crippen LogP contribution is 2.36. The lowest BCUT2D eigenvalue weighted by Gasteiger charge is -2.27. The van der Waals surface area contributed by atoms with Gasteiger partial charge >= 0.3 is 7.82 Å². The van der Waals surface area contributed by atoms with E-state index < -0.39 is 26.6 Å². The van der Waals surface area contributed by atoms with Gasteiger partial charge in [-0.05, 0) is 30.4 Å². The maximum absolute atomic E-state index is 10.8. The van der Waals surface area contributed by atoms with Gasteiger partial charge in [-0.1, -0.05) is 63.3 Å². The van der Waals surface area contributed by atoms with Crippen molar-refractivity contribution in [2.45, 2.75) is 63.8 Å². The number of hydrogen-bond donors (Lipinski definition) is 4. The molecule has 0 aliphatic rings. The molecule has 0 bridgehead atoms. The fourth-order valence-electron chi connectivity index (χ4n) is 2.70. The van der Waals surface area contributed by atoms with E-state index in [2.05, 4.69) is 11.4 Å². The predicted octanol–water partition coefficient (Wildman–Crippen LogP) is 2.93. The quantitative estimate of drug-likeness (QED) is 0.312. The maximum atomic E-state index is 10.8. The molecule has 6 nitrogen and oxygen atoms in total. The number of aliphatic hydroxyl groups is 1. The number of benzene rings is 1. The SMILES string of the molecule is CCCCCCCCc1ccc(C[C@@](N)(CO)COP(=O)(O)O)cc1. The molecule has 1 aromatic rings. The molecule has 0 amide bonds. The molecule has 1 aromatic carbocycles. The largest absolute Gasteiger partial charge is 0.469 e. The van der Waals surface area contributed by atoms with E-state index in [4.69, 9.17) is 15.5 Å². The fourth-order valence-corrected chi connectivity index (χ4v) is 3.13. The minimum Gasteiger partial charge on any atom is -0.394 e. The molecule has 0 spiro atoms. The predicted molar refractivity (Wildman–Crippen MR) is 99.2 cm³/mol. The van der Waals surface area contributed by atoms with Gasteiger partial charge in [0.1, 0.15) is 0 Å². The number of unbranched alkanes of at least 4 members (excludes halogenated alkanes) is 5. The Kier molecular flexibility index (Phi) is 9.87. The monoisotopic (exact) mass is 373 g/mol. The average Bonchev–Trinajstić information content (AvgIpc) is 2.57. The van der Waals surface area contributed by atoms with Crippen LogP contribution in [0.25, 0.3) is 0 Å². The van der Waals surface area contributed by atoms with Gasteiger partial charge < -0.3 is 20.6 Å². The van der Waals surface area contributed by atoms with Crippen LogP contribution in [0.1, 0.15) is 56.6 Å². The Hall–Kier alpha value is -0.750. The second-order valence-corrected chi connectivity index (χ2v) is 8.03. The van der Waals surface area contributed by atoms with E-state index in [1.54, 1.807) is 0 Å². The fraction of sp³-hybridized carbons (Fsp3) is 0.667. The summed E-state index contributed by atoms with van der Waals surface area (Å²) in [5.74, 6) is 0. The molecule has 7 heteroatoms. The number of rotatable bonds is 13. The van der Waals surface area contributed by atoms with Crippen LogP contribution >= 0.6 is 7.82 Å². The van der Waals surface area contributed by atoms with Gasteiger partial charge in [0.05, 0.1) is 18.8 Å². The summed E-state index contributed by atoms with van der Waals surface area (Å²) in [5.41, 5.74) is 6.94. The zero-order chi connectivity index (χ0) is 18.8. The third kappa shape index (κ3) is 10.1. The van der Waals surface area contributed by atoms with Crippen LogP contribution in [0.5, 0.6) is 0 Å².